The molecular weight excluding hydrogens is 290 g/mol. The van der Waals surface area contributed by atoms with Crippen LogP contribution in [0.25, 0.3) is 0 Å². The average Bonchev–Trinajstić information content (AvgIpc) is 3.02. The van der Waals surface area contributed by atoms with Gasteiger partial charge < -0.3 is 10.4 Å². The Morgan fingerprint density at radius 3 is 2.71 bits per heavy atom. The number of carboxylic acids is 1. The maximum Gasteiger partial charge on any atom is 0.345 e. The summed E-state index contributed by atoms with van der Waals surface area (Å²) in [6.45, 7) is 4.28. The van der Waals surface area contributed by atoms with Gasteiger partial charge in [-0.05, 0) is 18.1 Å². The third-order valence-electron chi connectivity index (χ3n) is 2.94. The van der Waals surface area contributed by atoms with Crippen LogP contribution < -0.4 is 5.32 Å². The standard InChI is InChI=1S/C14H17N3O3S/c1-8(2)12-10(7-17(3)16-12)13(18)15-6-9-4-5-11(21-9)14(19)20/h4-5,7-8H,6H2,1-3H3,(H,15,18)(H,19,20). The number of amides is 1. The van der Waals surface area contributed by atoms with E-state index in [2.05, 4.69) is 10.4 Å². The van der Waals surface area contributed by atoms with Gasteiger partial charge in [-0.1, -0.05) is 13.8 Å². The highest BCUT2D eigenvalue weighted by atomic mass is 32.1. The molecule has 0 fully saturated rings. The van der Waals surface area contributed by atoms with Crippen LogP contribution in [-0.4, -0.2) is 26.8 Å². The SMILES string of the molecule is CC(C)c1nn(C)cc1C(=O)NCc1ccc(C(=O)O)s1. The largest absolute Gasteiger partial charge is 0.477 e. The van der Waals surface area contributed by atoms with E-state index in [1.54, 1.807) is 24.0 Å². The molecule has 0 aliphatic heterocycles. The van der Waals surface area contributed by atoms with Crippen LogP contribution in [0, 0.1) is 0 Å². The first-order valence-corrected chi connectivity index (χ1v) is 7.34. The van der Waals surface area contributed by atoms with E-state index in [1.807, 2.05) is 13.8 Å². The molecule has 21 heavy (non-hydrogen) atoms. The Morgan fingerprint density at radius 1 is 1.43 bits per heavy atom. The Labute approximate surface area is 126 Å². The van der Waals surface area contributed by atoms with Gasteiger partial charge in [-0.2, -0.15) is 5.10 Å². The minimum absolute atomic E-state index is 0.160. The monoisotopic (exact) mass is 307 g/mol. The third-order valence-corrected chi connectivity index (χ3v) is 4.02. The van der Waals surface area contributed by atoms with Crippen LogP contribution in [-0.2, 0) is 13.6 Å². The van der Waals surface area contributed by atoms with Crippen molar-refractivity contribution in [1.29, 1.82) is 0 Å². The van der Waals surface area contributed by atoms with Crippen LogP contribution in [0.5, 0.6) is 0 Å². The zero-order valence-corrected chi connectivity index (χ0v) is 12.9. The molecule has 2 N–H and O–H groups in total. The van der Waals surface area contributed by atoms with Crippen molar-refractivity contribution in [2.75, 3.05) is 0 Å². The summed E-state index contributed by atoms with van der Waals surface area (Å²) in [5.74, 6) is -0.990. The van der Waals surface area contributed by atoms with E-state index in [9.17, 15) is 9.59 Å². The second kappa shape index (κ2) is 6.09. The van der Waals surface area contributed by atoms with E-state index in [0.29, 0.717) is 12.1 Å². The van der Waals surface area contributed by atoms with E-state index >= 15 is 0 Å². The maximum atomic E-state index is 12.2. The van der Waals surface area contributed by atoms with Crippen molar-refractivity contribution >= 4 is 23.2 Å². The number of aromatic nitrogens is 2. The lowest BCUT2D eigenvalue weighted by atomic mass is 10.1. The van der Waals surface area contributed by atoms with Gasteiger partial charge in [-0.3, -0.25) is 9.48 Å². The van der Waals surface area contributed by atoms with Crippen molar-refractivity contribution in [3.05, 3.63) is 39.3 Å². The topological polar surface area (TPSA) is 84.2 Å². The number of aromatic carboxylic acids is 1. The minimum atomic E-state index is -0.952. The van der Waals surface area contributed by atoms with Gasteiger partial charge in [0.25, 0.3) is 5.91 Å². The number of thiophene rings is 1. The number of rotatable bonds is 5. The lowest BCUT2D eigenvalue weighted by molar-refractivity contribution is 0.0702. The molecule has 2 aromatic heterocycles. The summed E-state index contributed by atoms with van der Waals surface area (Å²) >= 11 is 1.16. The lowest BCUT2D eigenvalue weighted by Crippen LogP contribution is -2.23. The highest BCUT2D eigenvalue weighted by Gasteiger charge is 2.18. The summed E-state index contributed by atoms with van der Waals surface area (Å²) in [6, 6.07) is 3.25. The van der Waals surface area contributed by atoms with Gasteiger partial charge in [-0.25, -0.2) is 4.79 Å². The maximum absolute atomic E-state index is 12.2. The second-order valence-corrected chi connectivity index (χ2v) is 6.18. The van der Waals surface area contributed by atoms with E-state index < -0.39 is 5.97 Å². The van der Waals surface area contributed by atoms with Crippen LogP contribution in [0.15, 0.2) is 18.3 Å². The number of hydrogen-bond donors (Lipinski definition) is 2. The van der Waals surface area contributed by atoms with E-state index in [-0.39, 0.29) is 16.7 Å². The van der Waals surface area contributed by atoms with Crippen LogP contribution in [0.3, 0.4) is 0 Å². The van der Waals surface area contributed by atoms with Gasteiger partial charge in [0.2, 0.25) is 0 Å². The molecule has 0 radical (unpaired) electrons. The van der Waals surface area contributed by atoms with Crippen LogP contribution >= 0.6 is 11.3 Å². The van der Waals surface area contributed by atoms with Crippen LogP contribution in [0.2, 0.25) is 0 Å². The summed E-state index contributed by atoms with van der Waals surface area (Å²) in [7, 11) is 1.78. The van der Waals surface area contributed by atoms with Crippen molar-refractivity contribution < 1.29 is 14.7 Å². The predicted molar refractivity (Wildman–Crippen MR) is 79.7 cm³/mol. The van der Waals surface area contributed by atoms with Crippen molar-refractivity contribution in [3.63, 3.8) is 0 Å². The van der Waals surface area contributed by atoms with E-state index in [1.165, 1.54) is 6.07 Å². The fourth-order valence-corrected chi connectivity index (χ4v) is 2.74. The van der Waals surface area contributed by atoms with Gasteiger partial charge in [0.1, 0.15) is 4.88 Å². The van der Waals surface area contributed by atoms with Crippen molar-refractivity contribution in [3.8, 4) is 0 Å². The fourth-order valence-electron chi connectivity index (χ4n) is 1.96. The number of nitrogens with one attached hydrogen (secondary N) is 1. The molecule has 2 aromatic rings. The molecule has 0 spiro atoms. The molecule has 1 amide bonds. The molecule has 6 nitrogen and oxygen atoms in total. The number of hydrogen-bond acceptors (Lipinski definition) is 4. The van der Waals surface area contributed by atoms with Gasteiger partial charge in [-0.15, -0.1) is 11.3 Å². The number of carbonyl (C=O) groups is 2. The Morgan fingerprint density at radius 2 is 2.14 bits per heavy atom. The summed E-state index contributed by atoms with van der Waals surface area (Å²) in [4.78, 5) is 24.1. The molecule has 0 bridgehead atoms. The van der Waals surface area contributed by atoms with Crippen molar-refractivity contribution in [2.24, 2.45) is 7.05 Å². The van der Waals surface area contributed by atoms with Crippen LogP contribution in [0.1, 0.15) is 50.4 Å². The highest BCUT2D eigenvalue weighted by molar-refractivity contribution is 7.13. The Kier molecular flexibility index (Phi) is 4.42. The molecule has 0 aliphatic rings. The Bertz CT molecular complexity index is 673. The quantitative estimate of drug-likeness (QED) is 0.887. The van der Waals surface area contributed by atoms with E-state index in [0.717, 1.165) is 21.9 Å². The first-order chi connectivity index (χ1) is 9.88. The average molecular weight is 307 g/mol. The molecule has 0 saturated carbocycles. The minimum Gasteiger partial charge on any atom is -0.477 e. The Hall–Kier alpha value is -2.15. The first kappa shape index (κ1) is 15.2. The smallest absolute Gasteiger partial charge is 0.345 e. The molecule has 112 valence electrons. The first-order valence-electron chi connectivity index (χ1n) is 6.52. The number of nitrogens with zero attached hydrogens (tertiary/aromatic N) is 2. The molecule has 7 heteroatoms. The summed E-state index contributed by atoms with van der Waals surface area (Å²) in [6.07, 6.45) is 1.70. The van der Waals surface area contributed by atoms with Gasteiger partial charge in [0.05, 0.1) is 17.8 Å². The van der Waals surface area contributed by atoms with E-state index in [4.69, 9.17) is 5.11 Å². The molecule has 0 saturated heterocycles. The molecule has 2 heterocycles. The molecule has 0 unspecified atom stereocenters. The Balaban J connectivity index is 2.06. The molecule has 0 atom stereocenters. The van der Waals surface area contributed by atoms with Crippen molar-refractivity contribution in [1.82, 2.24) is 15.1 Å². The molecule has 0 aliphatic carbocycles. The van der Waals surface area contributed by atoms with Gasteiger partial charge in [0, 0.05) is 18.1 Å². The molecule has 2 rings (SSSR count). The summed E-state index contributed by atoms with van der Waals surface area (Å²) in [5.41, 5.74) is 1.31. The molecular formula is C14H17N3O3S. The molecule has 0 aromatic carbocycles. The van der Waals surface area contributed by atoms with Crippen molar-refractivity contribution in [2.45, 2.75) is 26.3 Å². The summed E-state index contributed by atoms with van der Waals surface area (Å²) < 4.78 is 1.62. The normalized spacial score (nSPS) is 10.9. The third kappa shape index (κ3) is 3.49. The predicted octanol–water partition coefficient (Wildman–Crippen LogP) is 2.23. The van der Waals surface area contributed by atoms with Crippen LogP contribution in [0.4, 0.5) is 0 Å². The fraction of sp³-hybridized carbons (Fsp3) is 0.357. The number of carboxylic acid groups (broad SMARTS) is 1. The number of carbonyl (C=O) groups excluding carboxylic acids is 1. The number of aryl methyl sites for hydroxylation is 1. The lowest BCUT2D eigenvalue weighted by Gasteiger charge is -2.05. The zero-order chi connectivity index (χ0) is 15.6. The second-order valence-electron chi connectivity index (χ2n) is 5.01. The highest BCUT2D eigenvalue weighted by Crippen LogP contribution is 2.19. The van der Waals surface area contributed by atoms with Gasteiger partial charge >= 0.3 is 5.97 Å². The van der Waals surface area contributed by atoms with Gasteiger partial charge in [0.15, 0.2) is 0 Å². The zero-order valence-electron chi connectivity index (χ0n) is 12.1. The summed E-state index contributed by atoms with van der Waals surface area (Å²) in [5, 5.41) is 16.0.